The average Bonchev–Trinajstić information content (AvgIpc) is 2.63. The topological polar surface area (TPSA) is 66.5 Å². The Bertz CT molecular complexity index is 944. The second kappa shape index (κ2) is 7.17. The lowest BCUT2D eigenvalue weighted by Gasteiger charge is -2.34. The number of halogens is 1. The molecule has 0 bridgehead atoms. The molecule has 0 aromatic heterocycles. The minimum atomic E-state index is -3.57. The number of fused-ring (bicyclic) bond motifs is 1. The molecule has 26 heavy (non-hydrogen) atoms. The summed E-state index contributed by atoms with van der Waals surface area (Å²) in [6.07, 6.45) is 0.287. The standard InChI is InChI=1S/C19H21FN2O3S/c1-3-26(24,25)22-12-15-7-5-4-6-14(15)10-18(22)19(23)21-17-11-16(20)9-8-13(17)2/h4-9,11,18H,3,10,12H2,1-2H3,(H,21,23)/t18-/m0/s1. The van der Waals surface area contributed by atoms with Crippen molar-refractivity contribution >= 4 is 21.6 Å². The second-order valence-corrected chi connectivity index (χ2v) is 8.59. The van der Waals surface area contributed by atoms with Gasteiger partial charge < -0.3 is 5.32 Å². The number of nitrogens with zero attached hydrogens (tertiary/aromatic N) is 1. The van der Waals surface area contributed by atoms with E-state index < -0.39 is 27.8 Å². The molecule has 1 N–H and O–H groups in total. The van der Waals surface area contributed by atoms with E-state index in [2.05, 4.69) is 5.32 Å². The minimum absolute atomic E-state index is 0.0854. The van der Waals surface area contributed by atoms with Crippen molar-refractivity contribution in [2.75, 3.05) is 11.1 Å². The number of amides is 1. The molecule has 1 amide bonds. The summed E-state index contributed by atoms with van der Waals surface area (Å²) in [6.45, 7) is 3.47. The van der Waals surface area contributed by atoms with Gasteiger partial charge in [-0.3, -0.25) is 4.79 Å². The predicted octanol–water partition coefficient (Wildman–Crippen LogP) is 2.85. The van der Waals surface area contributed by atoms with Gasteiger partial charge in [0.15, 0.2) is 0 Å². The molecule has 0 unspecified atom stereocenters. The van der Waals surface area contributed by atoms with E-state index in [-0.39, 0.29) is 18.7 Å². The molecule has 0 saturated carbocycles. The van der Waals surface area contributed by atoms with Crippen molar-refractivity contribution in [2.45, 2.75) is 32.9 Å². The van der Waals surface area contributed by atoms with E-state index in [9.17, 15) is 17.6 Å². The maximum absolute atomic E-state index is 13.5. The number of carbonyl (C=O) groups is 1. The molecule has 0 saturated heterocycles. The minimum Gasteiger partial charge on any atom is -0.324 e. The number of anilines is 1. The zero-order valence-corrected chi connectivity index (χ0v) is 15.5. The summed E-state index contributed by atoms with van der Waals surface area (Å²) in [5, 5.41) is 2.69. The van der Waals surface area contributed by atoms with Gasteiger partial charge in [-0.05, 0) is 49.1 Å². The fourth-order valence-electron chi connectivity index (χ4n) is 3.13. The Hall–Kier alpha value is -2.25. The average molecular weight is 376 g/mol. The van der Waals surface area contributed by atoms with Crippen LogP contribution in [0.2, 0.25) is 0 Å². The highest BCUT2D eigenvalue weighted by Gasteiger charge is 2.38. The number of benzene rings is 2. The van der Waals surface area contributed by atoms with Gasteiger partial charge in [0.2, 0.25) is 15.9 Å². The number of carbonyl (C=O) groups excluding carboxylic acids is 1. The molecule has 2 aromatic rings. The molecule has 7 heteroatoms. The van der Waals surface area contributed by atoms with E-state index in [1.54, 1.807) is 19.9 Å². The van der Waals surface area contributed by atoms with Crippen molar-refractivity contribution in [1.82, 2.24) is 4.31 Å². The van der Waals surface area contributed by atoms with Crippen LogP contribution in [0.25, 0.3) is 0 Å². The van der Waals surface area contributed by atoms with Crippen molar-refractivity contribution in [2.24, 2.45) is 0 Å². The van der Waals surface area contributed by atoms with E-state index in [0.717, 1.165) is 11.1 Å². The third-order valence-electron chi connectivity index (χ3n) is 4.69. The van der Waals surface area contributed by atoms with Gasteiger partial charge in [-0.2, -0.15) is 4.31 Å². The number of rotatable bonds is 4. The van der Waals surface area contributed by atoms with Crippen LogP contribution in [-0.4, -0.2) is 30.4 Å². The van der Waals surface area contributed by atoms with Crippen LogP contribution < -0.4 is 5.32 Å². The SMILES string of the molecule is CCS(=O)(=O)N1Cc2ccccc2C[C@H]1C(=O)Nc1cc(F)ccc1C. The predicted molar refractivity (Wildman–Crippen MR) is 98.7 cm³/mol. The number of hydrogen-bond acceptors (Lipinski definition) is 3. The zero-order valence-electron chi connectivity index (χ0n) is 14.7. The van der Waals surface area contributed by atoms with Crippen LogP contribution >= 0.6 is 0 Å². The van der Waals surface area contributed by atoms with Crippen molar-refractivity contribution < 1.29 is 17.6 Å². The molecule has 138 valence electrons. The molecule has 0 radical (unpaired) electrons. The van der Waals surface area contributed by atoms with Crippen molar-refractivity contribution in [3.05, 3.63) is 65.0 Å². The lowest BCUT2D eigenvalue weighted by molar-refractivity contribution is -0.120. The number of nitrogens with one attached hydrogen (secondary N) is 1. The third kappa shape index (κ3) is 3.64. The quantitative estimate of drug-likeness (QED) is 0.892. The molecule has 2 aromatic carbocycles. The van der Waals surface area contributed by atoms with Crippen LogP contribution in [0.5, 0.6) is 0 Å². The zero-order chi connectivity index (χ0) is 18.9. The van der Waals surface area contributed by atoms with Crippen LogP contribution in [0, 0.1) is 12.7 Å². The van der Waals surface area contributed by atoms with Gasteiger partial charge in [0.05, 0.1) is 5.75 Å². The third-order valence-corrected chi connectivity index (χ3v) is 6.52. The molecule has 3 rings (SSSR count). The second-order valence-electron chi connectivity index (χ2n) is 6.38. The van der Waals surface area contributed by atoms with Gasteiger partial charge in [-0.25, -0.2) is 12.8 Å². The Kier molecular flexibility index (Phi) is 5.11. The Labute approximate surface area is 152 Å². The van der Waals surface area contributed by atoms with Gasteiger partial charge in [0, 0.05) is 12.2 Å². The number of sulfonamides is 1. The highest BCUT2D eigenvalue weighted by molar-refractivity contribution is 7.89. The van der Waals surface area contributed by atoms with Gasteiger partial charge >= 0.3 is 0 Å². The Balaban J connectivity index is 1.94. The van der Waals surface area contributed by atoms with E-state index in [0.29, 0.717) is 11.3 Å². The summed E-state index contributed by atoms with van der Waals surface area (Å²) in [4.78, 5) is 12.9. The first-order chi connectivity index (χ1) is 12.3. The number of hydrogen-bond donors (Lipinski definition) is 1. The van der Waals surface area contributed by atoms with Gasteiger partial charge in [-0.15, -0.1) is 0 Å². The maximum Gasteiger partial charge on any atom is 0.243 e. The van der Waals surface area contributed by atoms with Crippen LogP contribution in [0.1, 0.15) is 23.6 Å². The maximum atomic E-state index is 13.5. The molecule has 5 nitrogen and oxygen atoms in total. The smallest absolute Gasteiger partial charge is 0.243 e. The van der Waals surface area contributed by atoms with Crippen LogP contribution in [-0.2, 0) is 27.8 Å². The van der Waals surface area contributed by atoms with Gasteiger partial charge in [0.25, 0.3) is 0 Å². The Morgan fingerprint density at radius 1 is 1.23 bits per heavy atom. The lowest BCUT2D eigenvalue weighted by Crippen LogP contribution is -2.51. The normalized spacial score (nSPS) is 17.6. The van der Waals surface area contributed by atoms with Gasteiger partial charge in [-0.1, -0.05) is 30.3 Å². The van der Waals surface area contributed by atoms with Crippen LogP contribution in [0.3, 0.4) is 0 Å². The summed E-state index contributed by atoms with van der Waals surface area (Å²) in [7, 11) is -3.57. The Morgan fingerprint density at radius 2 is 1.92 bits per heavy atom. The van der Waals surface area contributed by atoms with E-state index in [1.165, 1.54) is 16.4 Å². The monoisotopic (exact) mass is 376 g/mol. The fourth-order valence-corrected chi connectivity index (χ4v) is 4.35. The van der Waals surface area contributed by atoms with Crippen molar-refractivity contribution in [3.8, 4) is 0 Å². The molecule has 0 aliphatic carbocycles. The van der Waals surface area contributed by atoms with E-state index >= 15 is 0 Å². The summed E-state index contributed by atoms with van der Waals surface area (Å²) < 4.78 is 39.8. The largest absolute Gasteiger partial charge is 0.324 e. The van der Waals surface area contributed by atoms with Gasteiger partial charge in [0.1, 0.15) is 11.9 Å². The number of aryl methyl sites for hydroxylation is 1. The molecule has 1 heterocycles. The molecule has 1 aliphatic heterocycles. The highest BCUT2D eigenvalue weighted by Crippen LogP contribution is 2.27. The molecule has 0 fully saturated rings. The van der Waals surface area contributed by atoms with E-state index in [4.69, 9.17) is 0 Å². The first kappa shape index (κ1) is 18.5. The van der Waals surface area contributed by atoms with E-state index in [1.807, 2.05) is 24.3 Å². The first-order valence-corrected chi connectivity index (χ1v) is 10.1. The Morgan fingerprint density at radius 3 is 2.62 bits per heavy atom. The summed E-state index contributed by atoms with van der Waals surface area (Å²) in [5.41, 5.74) is 2.91. The fraction of sp³-hybridized carbons (Fsp3) is 0.316. The summed E-state index contributed by atoms with van der Waals surface area (Å²) in [6, 6.07) is 10.8. The molecular weight excluding hydrogens is 355 g/mol. The van der Waals surface area contributed by atoms with Crippen LogP contribution in [0.15, 0.2) is 42.5 Å². The molecule has 0 spiro atoms. The summed E-state index contributed by atoms with van der Waals surface area (Å²) >= 11 is 0. The van der Waals surface area contributed by atoms with Crippen LogP contribution in [0.4, 0.5) is 10.1 Å². The van der Waals surface area contributed by atoms with Crippen molar-refractivity contribution in [3.63, 3.8) is 0 Å². The lowest BCUT2D eigenvalue weighted by atomic mass is 9.95. The van der Waals surface area contributed by atoms with Crippen molar-refractivity contribution in [1.29, 1.82) is 0 Å². The summed E-state index contributed by atoms with van der Waals surface area (Å²) in [5.74, 6) is -0.999. The molecule has 1 atom stereocenters. The highest BCUT2D eigenvalue weighted by atomic mass is 32.2. The first-order valence-electron chi connectivity index (χ1n) is 8.45. The molecule has 1 aliphatic rings. The molecular formula is C19H21FN2O3S.